The molecule has 9 heteroatoms. The van der Waals surface area contributed by atoms with Crippen molar-refractivity contribution in [2.24, 2.45) is 5.10 Å². The van der Waals surface area contributed by atoms with Crippen molar-refractivity contribution in [2.45, 2.75) is 18.6 Å². The third-order valence-corrected chi connectivity index (χ3v) is 4.95. The van der Waals surface area contributed by atoms with E-state index in [1.54, 1.807) is 31.4 Å². The van der Waals surface area contributed by atoms with Crippen LogP contribution in [0.1, 0.15) is 12.5 Å². The van der Waals surface area contributed by atoms with Gasteiger partial charge in [-0.3, -0.25) is 4.79 Å². The molecule has 0 saturated heterocycles. The number of hydrogen-bond donors (Lipinski definition) is 2. The Hall–Kier alpha value is -3.33. The number of rotatable bonds is 8. The molecule has 1 aromatic heterocycles. The smallest absolute Gasteiger partial charge is 0.250 e. The molecule has 0 spiro atoms. The molecular formula is C20H21N5O3S. The maximum absolute atomic E-state index is 12.1. The SMILES string of the molecule is CCn1c(SCC(=O)N/N=C/c2cccc(O)c2)nnc1-c1ccc(OC)cc1. The van der Waals surface area contributed by atoms with Gasteiger partial charge in [-0.05, 0) is 48.9 Å². The number of ether oxygens (including phenoxy) is 1. The molecule has 3 aromatic rings. The van der Waals surface area contributed by atoms with Gasteiger partial charge in [0.2, 0.25) is 0 Å². The van der Waals surface area contributed by atoms with E-state index >= 15 is 0 Å². The van der Waals surface area contributed by atoms with Gasteiger partial charge in [-0.1, -0.05) is 23.9 Å². The summed E-state index contributed by atoms with van der Waals surface area (Å²) in [6.45, 7) is 2.67. The first-order chi connectivity index (χ1) is 14.1. The highest BCUT2D eigenvalue weighted by Gasteiger charge is 2.14. The zero-order chi connectivity index (χ0) is 20.6. The number of methoxy groups -OCH3 is 1. The van der Waals surface area contributed by atoms with Crippen LogP contribution in [0.15, 0.2) is 58.8 Å². The van der Waals surface area contributed by atoms with E-state index in [1.165, 1.54) is 18.0 Å². The third kappa shape index (κ3) is 5.35. The number of hydrazone groups is 1. The second kappa shape index (κ2) is 9.74. The van der Waals surface area contributed by atoms with E-state index in [4.69, 9.17) is 4.74 Å². The monoisotopic (exact) mass is 411 g/mol. The van der Waals surface area contributed by atoms with Crippen molar-refractivity contribution < 1.29 is 14.6 Å². The van der Waals surface area contributed by atoms with Crippen LogP contribution < -0.4 is 10.2 Å². The fraction of sp³-hybridized carbons (Fsp3) is 0.200. The minimum Gasteiger partial charge on any atom is -0.508 e. The Bertz CT molecular complexity index is 1000. The molecule has 1 heterocycles. The topological polar surface area (TPSA) is 102 Å². The van der Waals surface area contributed by atoms with Crippen molar-refractivity contribution in [3.05, 3.63) is 54.1 Å². The number of carbonyl (C=O) groups excluding carboxylic acids is 1. The molecule has 29 heavy (non-hydrogen) atoms. The standard InChI is InChI=1S/C20H21N5O3S/c1-3-25-19(15-7-9-17(28-2)10-8-15)23-24-20(25)29-13-18(27)22-21-12-14-5-4-6-16(26)11-14/h4-12,26H,3,13H2,1-2H3,(H,22,27)/b21-12+. The fourth-order valence-electron chi connectivity index (χ4n) is 2.58. The largest absolute Gasteiger partial charge is 0.508 e. The number of hydrogen-bond acceptors (Lipinski definition) is 7. The Kier molecular flexibility index (Phi) is 6.85. The highest BCUT2D eigenvalue weighted by molar-refractivity contribution is 7.99. The first kappa shape index (κ1) is 20.4. The van der Waals surface area contributed by atoms with Crippen molar-refractivity contribution >= 4 is 23.9 Å². The van der Waals surface area contributed by atoms with Crippen LogP contribution in [0.3, 0.4) is 0 Å². The van der Waals surface area contributed by atoms with Crippen LogP contribution in [0.5, 0.6) is 11.5 Å². The van der Waals surface area contributed by atoms with Crippen molar-refractivity contribution in [2.75, 3.05) is 12.9 Å². The molecule has 0 aliphatic heterocycles. The number of phenols is 1. The van der Waals surface area contributed by atoms with Gasteiger partial charge < -0.3 is 14.4 Å². The first-order valence-electron chi connectivity index (χ1n) is 8.92. The second-order valence-corrected chi connectivity index (χ2v) is 6.90. The molecule has 0 aliphatic rings. The summed E-state index contributed by atoms with van der Waals surface area (Å²) < 4.78 is 7.14. The molecule has 2 N–H and O–H groups in total. The zero-order valence-corrected chi connectivity index (χ0v) is 16.9. The van der Waals surface area contributed by atoms with Crippen LogP contribution in [-0.4, -0.2) is 44.9 Å². The van der Waals surface area contributed by atoms with Gasteiger partial charge in [0.25, 0.3) is 5.91 Å². The van der Waals surface area contributed by atoms with Crippen molar-refractivity contribution in [3.63, 3.8) is 0 Å². The number of amides is 1. The molecule has 0 unspecified atom stereocenters. The summed E-state index contributed by atoms with van der Waals surface area (Å²) in [7, 11) is 1.62. The van der Waals surface area contributed by atoms with Gasteiger partial charge in [-0.15, -0.1) is 10.2 Å². The lowest BCUT2D eigenvalue weighted by Gasteiger charge is -2.07. The summed E-state index contributed by atoms with van der Waals surface area (Å²) in [5.74, 6) is 1.54. The highest BCUT2D eigenvalue weighted by Crippen LogP contribution is 2.25. The number of nitrogens with one attached hydrogen (secondary N) is 1. The minimum absolute atomic E-state index is 0.141. The van der Waals surface area contributed by atoms with Gasteiger partial charge in [-0.25, -0.2) is 5.43 Å². The van der Waals surface area contributed by atoms with Gasteiger partial charge in [-0.2, -0.15) is 5.10 Å². The maximum Gasteiger partial charge on any atom is 0.250 e. The Morgan fingerprint density at radius 1 is 1.28 bits per heavy atom. The van der Waals surface area contributed by atoms with Crippen molar-refractivity contribution in [1.82, 2.24) is 20.2 Å². The summed E-state index contributed by atoms with van der Waals surface area (Å²) in [5.41, 5.74) is 4.08. The average Bonchev–Trinajstić information content (AvgIpc) is 3.15. The molecule has 1 amide bonds. The summed E-state index contributed by atoms with van der Waals surface area (Å²) in [4.78, 5) is 12.1. The molecule has 3 rings (SSSR count). The van der Waals surface area contributed by atoms with Crippen molar-refractivity contribution in [3.8, 4) is 22.9 Å². The van der Waals surface area contributed by atoms with Crippen LogP contribution in [0.25, 0.3) is 11.4 Å². The third-order valence-electron chi connectivity index (χ3n) is 3.99. The van der Waals surface area contributed by atoms with Crippen LogP contribution in [0, 0.1) is 0 Å². The van der Waals surface area contributed by atoms with Crippen LogP contribution >= 0.6 is 11.8 Å². The zero-order valence-electron chi connectivity index (χ0n) is 16.1. The maximum atomic E-state index is 12.1. The van der Waals surface area contributed by atoms with Crippen molar-refractivity contribution in [1.29, 1.82) is 0 Å². The average molecular weight is 411 g/mol. The molecule has 0 aliphatic carbocycles. The molecule has 8 nitrogen and oxygen atoms in total. The molecule has 2 aromatic carbocycles. The van der Waals surface area contributed by atoms with Crippen LogP contribution in [0.2, 0.25) is 0 Å². The van der Waals surface area contributed by atoms with E-state index in [0.717, 1.165) is 17.1 Å². The number of benzene rings is 2. The van der Waals surface area contributed by atoms with E-state index in [2.05, 4.69) is 20.7 Å². The minimum atomic E-state index is -0.261. The van der Waals surface area contributed by atoms with Crippen LogP contribution in [0.4, 0.5) is 0 Å². The predicted molar refractivity (Wildman–Crippen MR) is 112 cm³/mol. The van der Waals surface area contributed by atoms with E-state index in [9.17, 15) is 9.90 Å². The Morgan fingerprint density at radius 2 is 2.07 bits per heavy atom. The quantitative estimate of drug-likeness (QED) is 0.336. The summed E-state index contributed by atoms with van der Waals surface area (Å²) >= 11 is 1.29. The van der Waals surface area contributed by atoms with Gasteiger partial charge in [0.15, 0.2) is 11.0 Å². The number of aromatic hydroxyl groups is 1. The van der Waals surface area contributed by atoms with Gasteiger partial charge in [0.05, 0.1) is 19.1 Å². The van der Waals surface area contributed by atoms with E-state index in [-0.39, 0.29) is 17.4 Å². The van der Waals surface area contributed by atoms with Gasteiger partial charge in [0.1, 0.15) is 11.5 Å². The van der Waals surface area contributed by atoms with Crippen LogP contribution in [-0.2, 0) is 11.3 Å². The molecule has 0 atom stereocenters. The summed E-state index contributed by atoms with van der Waals surface area (Å²) in [5, 5.41) is 22.5. The Labute approximate surface area is 172 Å². The number of nitrogens with zero attached hydrogens (tertiary/aromatic N) is 4. The summed E-state index contributed by atoms with van der Waals surface area (Å²) in [6.07, 6.45) is 1.47. The number of thioether (sulfide) groups is 1. The number of carbonyl (C=O) groups is 1. The molecular weight excluding hydrogens is 390 g/mol. The lowest BCUT2D eigenvalue weighted by atomic mass is 10.2. The Balaban J connectivity index is 1.60. The fourth-order valence-corrected chi connectivity index (χ4v) is 3.38. The van der Waals surface area contributed by atoms with Gasteiger partial charge in [0, 0.05) is 12.1 Å². The van der Waals surface area contributed by atoms with Gasteiger partial charge >= 0.3 is 0 Å². The lowest BCUT2D eigenvalue weighted by molar-refractivity contribution is -0.118. The Morgan fingerprint density at radius 3 is 2.76 bits per heavy atom. The molecule has 0 saturated carbocycles. The predicted octanol–water partition coefficient (Wildman–Crippen LogP) is 2.92. The number of phenolic OH excluding ortho intramolecular Hbond substituents is 1. The van der Waals surface area contributed by atoms with E-state index < -0.39 is 0 Å². The molecule has 0 fully saturated rings. The molecule has 150 valence electrons. The molecule has 0 bridgehead atoms. The van der Waals surface area contributed by atoms with E-state index in [1.807, 2.05) is 35.8 Å². The number of aromatic nitrogens is 3. The normalized spacial score (nSPS) is 11.0. The van der Waals surface area contributed by atoms with E-state index in [0.29, 0.717) is 17.3 Å². The lowest BCUT2D eigenvalue weighted by Crippen LogP contribution is -2.20. The summed E-state index contributed by atoms with van der Waals surface area (Å²) in [6, 6.07) is 14.2. The molecule has 0 radical (unpaired) electrons. The first-order valence-corrected chi connectivity index (χ1v) is 9.90. The second-order valence-electron chi connectivity index (χ2n) is 5.96. The highest BCUT2D eigenvalue weighted by atomic mass is 32.2.